The Morgan fingerprint density at radius 1 is 0.951 bits per heavy atom. The van der Waals surface area contributed by atoms with Crippen molar-refractivity contribution in [3.63, 3.8) is 0 Å². The number of aryl methyl sites for hydroxylation is 2. The molecule has 0 saturated carbocycles. The molecule has 3 aromatic carbocycles. The summed E-state index contributed by atoms with van der Waals surface area (Å²) in [4.78, 5) is 42.0. The highest BCUT2D eigenvalue weighted by atomic mass is 16.5. The smallest absolute Gasteiger partial charge is 0.338 e. The van der Waals surface area contributed by atoms with Crippen LogP contribution in [0.5, 0.6) is 11.5 Å². The second-order valence-corrected chi connectivity index (χ2v) is 10.1. The third-order valence-corrected chi connectivity index (χ3v) is 7.40. The summed E-state index contributed by atoms with van der Waals surface area (Å²) >= 11 is 0. The van der Waals surface area contributed by atoms with Crippen molar-refractivity contribution in [1.29, 1.82) is 0 Å². The lowest BCUT2D eigenvalue weighted by Crippen LogP contribution is -2.29. The standard InChI is InChI=1S/C33H33NO7/c1-6-8-15-40-33(37)21-9-12-23(13-10-21)34-29(22-11-14-25(39-7-2)27(18-22)38-5)28-30(35)24-16-19(3)20(4)17-26(24)41-31(28)32(34)36/h9-14,16-18,29H,6-8,15H2,1-5H3. The van der Waals surface area contributed by atoms with Gasteiger partial charge in [0, 0.05) is 5.69 Å². The van der Waals surface area contributed by atoms with Crippen LogP contribution in [0, 0.1) is 13.8 Å². The van der Waals surface area contributed by atoms with Crippen molar-refractivity contribution in [2.45, 2.75) is 46.6 Å². The Bertz CT molecular complexity index is 1690. The molecule has 4 aromatic rings. The molecule has 0 radical (unpaired) electrons. The largest absolute Gasteiger partial charge is 0.493 e. The molecule has 0 N–H and O–H groups in total. The van der Waals surface area contributed by atoms with Gasteiger partial charge in [-0.2, -0.15) is 0 Å². The van der Waals surface area contributed by atoms with Crippen LogP contribution in [0.15, 0.2) is 63.8 Å². The van der Waals surface area contributed by atoms with Crippen LogP contribution in [0.3, 0.4) is 0 Å². The lowest BCUT2D eigenvalue weighted by Gasteiger charge is -2.26. The van der Waals surface area contributed by atoms with E-state index in [1.807, 2.05) is 33.8 Å². The second kappa shape index (κ2) is 11.5. The number of hydrogen-bond acceptors (Lipinski definition) is 7. The first-order chi connectivity index (χ1) is 19.8. The molecule has 1 aliphatic rings. The number of esters is 1. The van der Waals surface area contributed by atoms with E-state index < -0.39 is 17.9 Å². The Morgan fingerprint density at radius 2 is 1.68 bits per heavy atom. The van der Waals surface area contributed by atoms with E-state index in [0.717, 1.165) is 24.0 Å². The fourth-order valence-corrected chi connectivity index (χ4v) is 5.09. The highest BCUT2D eigenvalue weighted by molar-refractivity contribution is 6.11. The van der Waals surface area contributed by atoms with Gasteiger partial charge in [0.2, 0.25) is 5.76 Å². The second-order valence-electron chi connectivity index (χ2n) is 10.1. The Hall–Kier alpha value is -4.59. The number of anilines is 1. The van der Waals surface area contributed by atoms with Gasteiger partial charge in [-0.3, -0.25) is 14.5 Å². The lowest BCUT2D eigenvalue weighted by atomic mass is 9.96. The van der Waals surface area contributed by atoms with Gasteiger partial charge in [0.15, 0.2) is 16.9 Å². The summed E-state index contributed by atoms with van der Waals surface area (Å²) in [7, 11) is 1.54. The van der Waals surface area contributed by atoms with Crippen molar-refractivity contribution in [2.24, 2.45) is 0 Å². The van der Waals surface area contributed by atoms with E-state index in [2.05, 4.69) is 0 Å². The molecule has 0 saturated heterocycles. The molecular weight excluding hydrogens is 522 g/mol. The molecule has 41 heavy (non-hydrogen) atoms. The van der Waals surface area contributed by atoms with Gasteiger partial charge in [0.05, 0.1) is 42.9 Å². The summed E-state index contributed by atoms with van der Waals surface area (Å²) in [6, 6.07) is 14.7. The molecule has 8 heteroatoms. The summed E-state index contributed by atoms with van der Waals surface area (Å²) in [5.41, 5.74) is 3.77. The number of unbranched alkanes of at least 4 members (excludes halogenated alkanes) is 1. The number of methoxy groups -OCH3 is 1. The number of benzene rings is 3. The number of carbonyl (C=O) groups excluding carboxylic acids is 2. The van der Waals surface area contributed by atoms with Crippen LogP contribution in [0.25, 0.3) is 11.0 Å². The fourth-order valence-electron chi connectivity index (χ4n) is 5.09. The first-order valence-corrected chi connectivity index (χ1v) is 13.8. The van der Waals surface area contributed by atoms with Crippen LogP contribution in [-0.2, 0) is 4.74 Å². The van der Waals surface area contributed by atoms with Crippen molar-refractivity contribution in [2.75, 3.05) is 25.2 Å². The van der Waals surface area contributed by atoms with Crippen LogP contribution in [0.2, 0.25) is 0 Å². The van der Waals surface area contributed by atoms with E-state index in [9.17, 15) is 14.4 Å². The van der Waals surface area contributed by atoms with Crippen LogP contribution < -0.4 is 19.8 Å². The molecule has 0 spiro atoms. The van der Waals surface area contributed by atoms with Crippen LogP contribution in [-0.4, -0.2) is 32.2 Å². The van der Waals surface area contributed by atoms with Crippen molar-refractivity contribution in [3.05, 3.63) is 98.4 Å². The predicted molar refractivity (Wildman–Crippen MR) is 156 cm³/mol. The van der Waals surface area contributed by atoms with E-state index >= 15 is 0 Å². The maximum absolute atomic E-state index is 14.0. The number of amides is 1. The van der Waals surface area contributed by atoms with Gasteiger partial charge < -0.3 is 18.6 Å². The van der Waals surface area contributed by atoms with Gasteiger partial charge in [-0.25, -0.2) is 4.79 Å². The minimum Gasteiger partial charge on any atom is -0.493 e. The summed E-state index contributed by atoms with van der Waals surface area (Å²) in [6.07, 6.45) is 1.70. The first-order valence-electron chi connectivity index (χ1n) is 13.8. The fraction of sp³-hybridized carbons (Fsp3) is 0.303. The monoisotopic (exact) mass is 555 g/mol. The first kappa shape index (κ1) is 28.0. The summed E-state index contributed by atoms with van der Waals surface area (Å²) in [5.74, 6) is 0.145. The molecule has 0 bridgehead atoms. The van der Waals surface area contributed by atoms with E-state index in [0.29, 0.717) is 52.5 Å². The third-order valence-electron chi connectivity index (χ3n) is 7.40. The molecule has 212 valence electrons. The van der Waals surface area contributed by atoms with E-state index in [1.54, 1.807) is 55.6 Å². The minimum absolute atomic E-state index is 0.00773. The van der Waals surface area contributed by atoms with Crippen molar-refractivity contribution in [1.82, 2.24) is 0 Å². The van der Waals surface area contributed by atoms with Crippen LogP contribution in [0.1, 0.15) is 75.9 Å². The molecule has 1 atom stereocenters. The Balaban J connectivity index is 1.66. The van der Waals surface area contributed by atoms with Crippen molar-refractivity contribution in [3.8, 4) is 11.5 Å². The van der Waals surface area contributed by atoms with E-state index in [4.69, 9.17) is 18.6 Å². The molecule has 2 heterocycles. The predicted octanol–water partition coefficient (Wildman–Crippen LogP) is 6.52. The van der Waals surface area contributed by atoms with E-state index in [-0.39, 0.29) is 16.8 Å². The zero-order chi connectivity index (χ0) is 29.3. The maximum Gasteiger partial charge on any atom is 0.338 e. The quantitative estimate of drug-likeness (QED) is 0.171. The molecule has 1 amide bonds. The molecule has 1 aromatic heterocycles. The Labute approximate surface area is 238 Å². The molecule has 1 aliphatic heterocycles. The van der Waals surface area contributed by atoms with Crippen LogP contribution >= 0.6 is 0 Å². The van der Waals surface area contributed by atoms with Crippen molar-refractivity contribution < 1.29 is 28.2 Å². The highest BCUT2D eigenvalue weighted by Crippen LogP contribution is 2.43. The van der Waals surface area contributed by atoms with Crippen LogP contribution in [0.4, 0.5) is 5.69 Å². The average molecular weight is 556 g/mol. The lowest BCUT2D eigenvalue weighted by molar-refractivity contribution is 0.0499. The van der Waals surface area contributed by atoms with Gasteiger partial charge in [-0.05, 0) is 92.4 Å². The number of rotatable bonds is 9. The van der Waals surface area contributed by atoms with Crippen molar-refractivity contribution >= 4 is 28.5 Å². The van der Waals surface area contributed by atoms with Gasteiger partial charge in [-0.1, -0.05) is 19.4 Å². The molecule has 5 rings (SSSR count). The zero-order valence-electron chi connectivity index (χ0n) is 23.9. The molecule has 1 unspecified atom stereocenters. The zero-order valence-corrected chi connectivity index (χ0v) is 23.9. The number of carbonyl (C=O) groups is 2. The normalized spacial score (nSPS) is 14.3. The number of hydrogen-bond donors (Lipinski definition) is 0. The minimum atomic E-state index is -0.799. The summed E-state index contributed by atoms with van der Waals surface area (Å²) in [5, 5.41) is 0.412. The third kappa shape index (κ3) is 5.06. The van der Waals surface area contributed by atoms with Gasteiger partial charge in [-0.15, -0.1) is 0 Å². The highest BCUT2D eigenvalue weighted by Gasteiger charge is 2.44. The number of nitrogens with zero attached hydrogens (tertiary/aromatic N) is 1. The molecular formula is C33H33NO7. The van der Waals surface area contributed by atoms with E-state index in [1.165, 1.54) is 4.90 Å². The Morgan fingerprint density at radius 3 is 2.37 bits per heavy atom. The summed E-state index contributed by atoms with van der Waals surface area (Å²) < 4.78 is 22.8. The molecule has 0 fully saturated rings. The maximum atomic E-state index is 14.0. The topological polar surface area (TPSA) is 95.3 Å². The SMILES string of the molecule is CCCCOC(=O)c1ccc(N2C(=O)c3oc4cc(C)c(C)cc4c(=O)c3C2c2ccc(OCC)c(OC)c2)cc1. The molecule has 0 aliphatic carbocycles. The number of ether oxygens (including phenoxy) is 3. The number of fused-ring (bicyclic) bond motifs is 2. The molecule has 8 nitrogen and oxygen atoms in total. The van der Waals surface area contributed by atoms with Gasteiger partial charge >= 0.3 is 5.97 Å². The Kier molecular flexibility index (Phi) is 7.83. The average Bonchev–Trinajstić information content (AvgIpc) is 3.26. The summed E-state index contributed by atoms with van der Waals surface area (Å²) in [6.45, 7) is 8.56. The van der Waals surface area contributed by atoms with Gasteiger partial charge in [0.1, 0.15) is 5.58 Å². The van der Waals surface area contributed by atoms with Gasteiger partial charge in [0.25, 0.3) is 5.91 Å².